The molecule has 1 aliphatic heterocycles. The van der Waals surface area contributed by atoms with Gasteiger partial charge in [0, 0.05) is 10.9 Å². The van der Waals surface area contributed by atoms with Crippen molar-refractivity contribution in [1.82, 2.24) is 9.97 Å². The van der Waals surface area contributed by atoms with E-state index < -0.39 is 0 Å². The monoisotopic (exact) mass is 348 g/mol. The highest BCUT2D eigenvalue weighted by Crippen LogP contribution is 2.39. The Kier molecular flexibility index (Phi) is 3.28. The summed E-state index contributed by atoms with van der Waals surface area (Å²) >= 11 is 1.62. The molecule has 2 aromatic carbocycles. The van der Waals surface area contributed by atoms with Crippen LogP contribution in [0, 0.1) is 0 Å². The fourth-order valence-electron chi connectivity index (χ4n) is 2.71. The van der Waals surface area contributed by atoms with E-state index in [2.05, 4.69) is 28.2 Å². The minimum absolute atomic E-state index is 0.238. The van der Waals surface area contributed by atoms with Gasteiger partial charge in [0.05, 0.1) is 5.39 Å². The van der Waals surface area contributed by atoms with E-state index in [0.29, 0.717) is 17.4 Å². The minimum Gasteiger partial charge on any atom is -0.454 e. The predicted molar refractivity (Wildman–Crippen MR) is 95.5 cm³/mol. The predicted octanol–water partition coefficient (Wildman–Crippen LogP) is 4.88. The molecule has 0 fully saturated rings. The quantitative estimate of drug-likeness (QED) is 0.528. The highest BCUT2D eigenvalue weighted by Gasteiger charge is 2.16. The Morgan fingerprint density at radius 3 is 2.72 bits per heavy atom. The first kappa shape index (κ1) is 14.2. The fourth-order valence-corrected chi connectivity index (χ4v) is 3.71. The Labute approximate surface area is 147 Å². The molecule has 5 rings (SSSR count). The third kappa shape index (κ3) is 2.56. The maximum atomic E-state index is 5.99. The normalized spacial score (nSPS) is 12.5. The molecule has 25 heavy (non-hydrogen) atoms. The summed E-state index contributed by atoms with van der Waals surface area (Å²) in [6.45, 7) is 0.238. The zero-order valence-corrected chi connectivity index (χ0v) is 13.8. The Morgan fingerprint density at radius 1 is 0.920 bits per heavy atom. The van der Waals surface area contributed by atoms with Gasteiger partial charge in [0.1, 0.15) is 16.9 Å². The lowest BCUT2D eigenvalue weighted by atomic mass is 10.2. The number of aromatic nitrogens is 2. The smallest absolute Gasteiger partial charge is 0.231 e. The van der Waals surface area contributed by atoms with E-state index in [-0.39, 0.29) is 6.79 Å². The second-order valence-corrected chi connectivity index (χ2v) is 6.52. The molecule has 0 atom stereocenters. The van der Waals surface area contributed by atoms with Crippen molar-refractivity contribution >= 4 is 21.6 Å². The Balaban J connectivity index is 1.54. The van der Waals surface area contributed by atoms with Gasteiger partial charge in [-0.25, -0.2) is 9.97 Å². The van der Waals surface area contributed by atoms with E-state index in [1.54, 1.807) is 17.4 Å². The highest BCUT2D eigenvalue weighted by atomic mass is 32.1. The number of nitrogens with zero attached hydrogens (tertiary/aromatic N) is 2. The van der Waals surface area contributed by atoms with E-state index in [9.17, 15) is 0 Å². The average Bonchev–Trinajstić information content (AvgIpc) is 3.29. The summed E-state index contributed by atoms with van der Waals surface area (Å²) in [5, 5.41) is 0.893. The molecule has 0 amide bonds. The Bertz CT molecular complexity index is 1060. The lowest BCUT2D eigenvalue weighted by Crippen LogP contribution is -1.93. The van der Waals surface area contributed by atoms with Gasteiger partial charge < -0.3 is 14.2 Å². The molecule has 6 heteroatoms. The van der Waals surface area contributed by atoms with Crippen LogP contribution in [0.25, 0.3) is 20.7 Å². The van der Waals surface area contributed by atoms with Crippen LogP contribution in [0.1, 0.15) is 0 Å². The molecule has 0 saturated heterocycles. The highest BCUT2D eigenvalue weighted by molar-refractivity contribution is 7.21. The van der Waals surface area contributed by atoms with Crippen LogP contribution in [0.2, 0.25) is 0 Å². The van der Waals surface area contributed by atoms with Gasteiger partial charge >= 0.3 is 0 Å². The van der Waals surface area contributed by atoms with Gasteiger partial charge in [-0.3, -0.25) is 0 Å². The summed E-state index contributed by atoms with van der Waals surface area (Å²) in [4.78, 5) is 10.7. The first-order valence-electron chi connectivity index (χ1n) is 7.74. The van der Waals surface area contributed by atoms with E-state index in [4.69, 9.17) is 14.2 Å². The van der Waals surface area contributed by atoms with Crippen molar-refractivity contribution in [3.05, 3.63) is 60.9 Å². The molecule has 0 bridgehead atoms. The molecule has 5 nitrogen and oxygen atoms in total. The summed E-state index contributed by atoms with van der Waals surface area (Å²) in [7, 11) is 0. The average molecular weight is 348 g/mol. The topological polar surface area (TPSA) is 53.5 Å². The lowest BCUT2D eigenvalue weighted by molar-refractivity contribution is 0.174. The van der Waals surface area contributed by atoms with Crippen LogP contribution >= 0.6 is 11.3 Å². The molecule has 0 spiro atoms. The van der Waals surface area contributed by atoms with E-state index in [1.807, 2.05) is 30.3 Å². The van der Waals surface area contributed by atoms with Crippen LogP contribution in [-0.4, -0.2) is 16.8 Å². The van der Waals surface area contributed by atoms with Crippen molar-refractivity contribution in [2.24, 2.45) is 0 Å². The van der Waals surface area contributed by atoms with Crippen LogP contribution < -0.4 is 14.2 Å². The van der Waals surface area contributed by atoms with Gasteiger partial charge in [-0.15, -0.1) is 11.3 Å². The van der Waals surface area contributed by atoms with Crippen LogP contribution in [0.5, 0.6) is 23.1 Å². The number of hydrogen-bond donors (Lipinski definition) is 0. The van der Waals surface area contributed by atoms with Crippen molar-refractivity contribution in [3.8, 4) is 33.6 Å². The van der Waals surface area contributed by atoms with Crippen LogP contribution in [0.3, 0.4) is 0 Å². The van der Waals surface area contributed by atoms with Gasteiger partial charge in [-0.05, 0) is 23.8 Å². The number of benzene rings is 2. The van der Waals surface area contributed by atoms with Gasteiger partial charge in [-0.1, -0.05) is 30.3 Å². The van der Waals surface area contributed by atoms with Gasteiger partial charge in [0.15, 0.2) is 11.5 Å². The third-order valence-corrected chi connectivity index (χ3v) is 5.00. The molecule has 0 saturated carbocycles. The molecule has 122 valence electrons. The Hall–Kier alpha value is -3.12. The summed E-state index contributed by atoms with van der Waals surface area (Å²) < 4.78 is 16.7. The molecular weight excluding hydrogens is 336 g/mol. The second-order valence-electron chi connectivity index (χ2n) is 5.49. The van der Waals surface area contributed by atoms with Crippen LogP contribution in [0.15, 0.2) is 60.9 Å². The van der Waals surface area contributed by atoms with E-state index in [0.717, 1.165) is 26.4 Å². The van der Waals surface area contributed by atoms with Crippen LogP contribution in [-0.2, 0) is 0 Å². The minimum atomic E-state index is 0.238. The molecule has 0 unspecified atom stereocenters. The number of rotatable bonds is 3. The third-order valence-electron chi connectivity index (χ3n) is 3.91. The molecule has 0 radical (unpaired) electrons. The molecule has 2 aromatic heterocycles. The summed E-state index contributed by atoms with van der Waals surface area (Å²) in [5.74, 6) is 2.58. The molecule has 0 aliphatic carbocycles. The van der Waals surface area contributed by atoms with Crippen molar-refractivity contribution in [3.63, 3.8) is 0 Å². The van der Waals surface area contributed by atoms with E-state index >= 15 is 0 Å². The van der Waals surface area contributed by atoms with Crippen LogP contribution in [0.4, 0.5) is 0 Å². The molecular formula is C19H12N2O3S. The molecule has 1 aliphatic rings. The summed E-state index contributed by atoms with van der Waals surface area (Å²) in [6, 6.07) is 17.8. The number of thiophene rings is 1. The van der Waals surface area contributed by atoms with Gasteiger partial charge in [0.25, 0.3) is 0 Å². The number of ether oxygens (including phenoxy) is 3. The molecule has 0 N–H and O–H groups in total. The first-order valence-corrected chi connectivity index (χ1v) is 8.56. The number of fused-ring (bicyclic) bond motifs is 2. The Morgan fingerprint density at radius 2 is 1.80 bits per heavy atom. The first-order chi connectivity index (χ1) is 12.4. The van der Waals surface area contributed by atoms with Gasteiger partial charge in [-0.2, -0.15) is 0 Å². The summed E-state index contributed by atoms with van der Waals surface area (Å²) in [6.07, 6.45) is 1.52. The fraction of sp³-hybridized carbons (Fsp3) is 0.0526. The SMILES string of the molecule is c1ccc(-c2cc3c(Oc4ccc5c(c4)OCO5)ncnc3s2)cc1. The molecule has 3 heterocycles. The zero-order chi connectivity index (χ0) is 16.6. The maximum absolute atomic E-state index is 5.99. The van der Waals surface area contributed by atoms with Crippen molar-refractivity contribution < 1.29 is 14.2 Å². The summed E-state index contributed by atoms with van der Waals surface area (Å²) in [5.41, 5.74) is 1.15. The number of hydrogen-bond acceptors (Lipinski definition) is 6. The van der Waals surface area contributed by atoms with E-state index in [1.165, 1.54) is 6.33 Å². The lowest BCUT2D eigenvalue weighted by Gasteiger charge is -2.06. The largest absolute Gasteiger partial charge is 0.454 e. The standard InChI is InChI=1S/C19H12N2O3S/c1-2-4-12(5-3-1)17-9-14-18(20-10-21-19(14)25-17)24-13-6-7-15-16(8-13)23-11-22-15/h1-10H,11H2. The van der Waals surface area contributed by atoms with Crippen molar-refractivity contribution in [2.45, 2.75) is 0 Å². The molecule has 4 aromatic rings. The maximum Gasteiger partial charge on any atom is 0.231 e. The van der Waals surface area contributed by atoms with Crippen molar-refractivity contribution in [1.29, 1.82) is 0 Å². The van der Waals surface area contributed by atoms with Crippen molar-refractivity contribution in [2.75, 3.05) is 6.79 Å². The zero-order valence-electron chi connectivity index (χ0n) is 13.0. The van der Waals surface area contributed by atoms with Gasteiger partial charge in [0.2, 0.25) is 12.7 Å². The second kappa shape index (κ2) is 5.75.